The third-order valence-electron chi connectivity index (χ3n) is 1.28. The van der Waals surface area contributed by atoms with Crippen LogP contribution in [0.4, 0.5) is 4.39 Å². The largest absolute Gasteiger partial charge is 0.493 e. The molecule has 0 bridgehead atoms. The molecule has 0 spiro atoms. The lowest BCUT2D eigenvalue weighted by Gasteiger charge is -2.05. The first-order valence-electron chi connectivity index (χ1n) is 3.20. The van der Waals surface area contributed by atoms with Crippen LogP contribution in [-0.2, 0) is 0 Å². The summed E-state index contributed by atoms with van der Waals surface area (Å²) in [6.45, 7) is -0.833. The Morgan fingerprint density at radius 2 is 1.91 bits per heavy atom. The summed E-state index contributed by atoms with van der Waals surface area (Å²) in [7, 11) is 1.51. The van der Waals surface area contributed by atoms with Crippen molar-refractivity contribution in [2.24, 2.45) is 0 Å². The van der Waals surface area contributed by atoms with Crippen molar-refractivity contribution in [3.63, 3.8) is 0 Å². The van der Waals surface area contributed by atoms with Crippen LogP contribution in [0.5, 0.6) is 11.5 Å². The topological polar surface area (TPSA) is 18.5 Å². The highest BCUT2D eigenvalue weighted by molar-refractivity contribution is 5.39. The lowest BCUT2D eigenvalue weighted by molar-refractivity contribution is 0.184. The monoisotopic (exact) mass is 156 g/mol. The van der Waals surface area contributed by atoms with Gasteiger partial charge in [0.25, 0.3) is 0 Å². The predicted octanol–water partition coefficient (Wildman–Crippen LogP) is 2.00. The molecular formula is C8H9FO2. The molecule has 0 saturated heterocycles. The molecule has 0 unspecified atom stereocenters. The van der Waals surface area contributed by atoms with E-state index >= 15 is 0 Å². The number of rotatable bonds is 3. The molecule has 0 N–H and O–H groups in total. The lowest BCUT2D eigenvalue weighted by atomic mass is 10.3. The molecular weight excluding hydrogens is 147 g/mol. The normalized spacial score (nSPS) is 9.27. The van der Waals surface area contributed by atoms with Crippen LogP contribution in [0.15, 0.2) is 24.3 Å². The quantitative estimate of drug-likeness (QED) is 0.666. The standard InChI is InChI=1S/C8H9FO2/c1-10-7-4-2-3-5-8(7)11-6-9/h2-5H,6H2,1H3. The second kappa shape index (κ2) is 3.81. The molecule has 0 aliphatic carbocycles. The molecule has 0 aliphatic rings. The molecule has 0 fully saturated rings. The summed E-state index contributed by atoms with van der Waals surface area (Å²) in [5.74, 6) is 0.975. The Hall–Kier alpha value is -1.25. The molecule has 3 heteroatoms. The third-order valence-corrected chi connectivity index (χ3v) is 1.28. The van der Waals surface area contributed by atoms with Gasteiger partial charge in [0.1, 0.15) is 0 Å². The maximum atomic E-state index is 11.7. The SMILES string of the molecule is COc1ccccc1OCF. The molecule has 0 aromatic heterocycles. The molecule has 0 heterocycles. The van der Waals surface area contributed by atoms with Gasteiger partial charge in [0, 0.05) is 0 Å². The minimum atomic E-state index is -0.833. The third kappa shape index (κ3) is 1.83. The van der Waals surface area contributed by atoms with Crippen molar-refractivity contribution in [3.8, 4) is 11.5 Å². The minimum absolute atomic E-state index is 0.428. The fourth-order valence-corrected chi connectivity index (χ4v) is 0.797. The van der Waals surface area contributed by atoms with E-state index in [2.05, 4.69) is 4.74 Å². The van der Waals surface area contributed by atoms with Crippen molar-refractivity contribution in [2.45, 2.75) is 0 Å². The zero-order chi connectivity index (χ0) is 8.10. The Bertz CT molecular complexity index is 225. The lowest BCUT2D eigenvalue weighted by Crippen LogP contribution is -1.93. The number of methoxy groups -OCH3 is 1. The van der Waals surface area contributed by atoms with Crippen molar-refractivity contribution >= 4 is 0 Å². The summed E-state index contributed by atoms with van der Waals surface area (Å²) in [4.78, 5) is 0. The van der Waals surface area contributed by atoms with Gasteiger partial charge in [-0.15, -0.1) is 0 Å². The Balaban J connectivity index is 2.83. The average molecular weight is 156 g/mol. The van der Waals surface area contributed by atoms with Crippen LogP contribution in [0.1, 0.15) is 0 Å². The molecule has 1 rings (SSSR count). The van der Waals surface area contributed by atoms with Crippen LogP contribution < -0.4 is 9.47 Å². The summed E-state index contributed by atoms with van der Waals surface area (Å²) in [5, 5.41) is 0. The Kier molecular flexibility index (Phi) is 2.72. The van der Waals surface area contributed by atoms with Gasteiger partial charge in [-0.05, 0) is 12.1 Å². The Morgan fingerprint density at radius 3 is 2.45 bits per heavy atom. The number of ether oxygens (including phenoxy) is 2. The van der Waals surface area contributed by atoms with E-state index in [1.165, 1.54) is 7.11 Å². The van der Waals surface area contributed by atoms with Gasteiger partial charge in [-0.2, -0.15) is 0 Å². The molecule has 0 atom stereocenters. The Morgan fingerprint density at radius 1 is 1.27 bits per heavy atom. The van der Waals surface area contributed by atoms with Crippen LogP contribution in [0.3, 0.4) is 0 Å². The number of benzene rings is 1. The summed E-state index contributed by atoms with van der Waals surface area (Å²) in [5.41, 5.74) is 0. The molecule has 0 aliphatic heterocycles. The number of hydrogen-bond acceptors (Lipinski definition) is 2. The van der Waals surface area contributed by atoms with E-state index in [4.69, 9.17) is 4.74 Å². The van der Waals surface area contributed by atoms with Gasteiger partial charge in [-0.3, -0.25) is 0 Å². The molecule has 0 saturated carbocycles. The van der Waals surface area contributed by atoms with E-state index in [1.807, 2.05) is 0 Å². The van der Waals surface area contributed by atoms with Crippen LogP contribution in [-0.4, -0.2) is 14.0 Å². The molecule has 0 radical (unpaired) electrons. The number of alkyl halides is 1. The highest BCUT2D eigenvalue weighted by atomic mass is 19.1. The maximum Gasteiger partial charge on any atom is 0.228 e. The van der Waals surface area contributed by atoms with Crippen LogP contribution in [0, 0.1) is 0 Å². The van der Waals surface area contributed by atoms with Crippen molar-refractivity contribution in [1.29, 1.82) is 0 Å². The summed E-state index contributed by atoms with van der Waals surface area (Å²) in [6, 6.07) is 6.92. The molecule has 11 heavy (non-hydrogen) atoms. The Labute approximate surface area is 64.6 Å². The highest BCUT2D eigenvalue weighted by Gasteiger charge is 1.99. The molecule has 60 valence electrons. The van der Waals surface area contributed by atoms with E-state index < -0.39 is 6.86 Å². The van der Waals surface area contributed by atoms with E-state index in [9.17, 15) is 4.39 Å². The fraction of sp³-hybridized carbons (Fsp3) is 0.250. The number of halogens is 1. The fourth-order valence-electron chi connectivity index (χ4n) is 0.797. The van der Waals surface area contributed by atoms with E-state index in [1.54, 1.807) is 24.3 Å². The minimum Gasteiger partial charge on any atom is -0.493 e. The smallest absolute Gasteiger partial charge is 0.228 e. The van der Waals surface area contributed by atoms with Gasteiger partial charge in [-0.1, -0.05) is 12.1 Å². The molecule has 1 aromatic rings. The summed E-state index contributed by atoms with van der Waals surface area (Å²) in [6.07, 6.45) is 0. The van der Waals surface area contributed by atoms with Gasteiger partial charge >= 0.3 is 0 Å². The van der Waals surface area contributed by atoms with Crippen LogP contribution >= 0.6 is 0 Å². The first-order chi connectivity index (χ1) is 5.38. The van der Waals surface area contributed by atoms with Gasteiger partial charge < -0.3 is 9.47 Å². The first-order valence-corrected chi connectivity index (χ1v) is 3.20. The molecule has 0 amide bonds. The second-order valence-electron chi connectivity index (χ2n) is 1.90. The van der Waals surface area contributed by atoms with Crippen molar-refractivity contribution in [1.82, 2.24) is 0 Å². The second-order valence-corrected chi connectivity index (χ2v) is 1.90. The van der Waals surface area contributed by atoms with Gasteiger partial charge in [0.15, 0.2) is 11.5 Å². The van der Waals surface area contributed by atoms with Crippen LogP contribution in [0.2, 0.25) is 0 Å². The first kappa shape index (κ1) is 7.85. The van der Waals surface area contributed by atoms with Crippen molar-refractivity contribution in [2.75, 3.05) is 14.0 Å². The number of hydrogen-bond donors (Lipinski definition) is 0. The molecule has 2 nitrogen and oxygen atoms in total. The van der Waals surface area contributed by atoms with Gasteiger partial charge in [0.05, 0.1) is 7.11 Å². The maximum absolute atomic E-state index is 11.7. The van der Waals surface area contributed by atoms with Gasteiger partial charge in [-0.25, -0.2) is 4.39 Å². The zero-order valence-corrected chi connectivity index (χ0v) is 6.21. The molecule has 1 aromatic carbocycles. The summed E-state index contributed by atoms with van der Waals surface area (Å²) < 4.78 is 21.3. The van der Waals surface area contributed by atoms with Crippen molar-refractivity contribution in [3.05, 3.63) is 24.3 Å². The van der Waals surface area contributed by atoms with Crippen LogP contribution in [0.25, 0.3) is 0 Å². The zero-order valence-electron chi connectivity index (χ0n) is 6.21. The van der Waals surface area contributed by atoms with E-state index in [0.29, 0.717) is 11.5 Å². The predicted molar refractivity (Wildman–Crippen MR) is 39.6 cm³/mol. The van der Waals surface area contributed by atoms with Gasteiger partial charge in [0.2, 0.25) is 6.86 Å². The van der Waals surface area contributed by atoms with E-state index in [-0.39, 0.29) is 0 Å². The average Bonchev–Trinajstić information content (AvgIpc) is 2.06. The number of para-hydroxylation sites is 2. The highest BCUT2D eigenvalue weighted by Crippen LogP contribution is 2.25. The summed E-state index contributed by atoms with van der Waals surface area (Å²) >= 11 is 0. The van der Waals surface area contributed by atoms with Crippen molar-refractivity contribution < 1.29 is 13.9 Å². The van der Waals surface area contributed by atoms with E-state index in [0.717, 1.165) is 0 Å².